The fraction of sp³-hybridized carbons (Fsp3) is 0.154. The number of hydrogen-bond donors (Lipinski definition) is 1. The first-order chi connectivity index (χ1) is 9.31. The molecule has 0 bridgehead atoms. The molecule has 2 rings (SSSR count). The van der Waals surface area contributed by atoms with Crippen LogP contribution in [-0.2, 0) is 4.79 Å². The second kappa shape index (κ2) is 5.41. The molecule has 0 aromatic heterocycles. The number of amides is 2. The van der Waals surface area contributed by atoms with Crippen molar-refractivity contribution in [3.63, 3.8) is 0 Å². The molecule has 5 nitrogen and oxygen atoms in total. The molecule has 0 atom stereocenters. The molecule has 0 aliphatic carbocycles. The molecule has 1 fully saturated rings. The first kappa shape index (κ1) is 14.8. The highest BCUT2D eigenvalue weighted by atomic mass is 79.9. The summed E-state index contributed by atoms with van der Waals surface area (Å²) in [7, 11) is 1.41. The summed E-state index contributed by atoms with van der Waals surface area (Å²) in [6, 6.07) is 2.87. The number of halogens is 1. The van der Waals surface area contributed by atoms with Gasteiger partial charge in [-0.05, 0) is 42.5 Å². The summed E-state index contributed by atoms with van der Waals surface area (Å²) in [6.45, 7) is 1.34. The molecule has 1 saturated heterocycles. The number of nitrogens with zero attached hydrogens (tertiary/aromatic N) is 1. The zero-order valence-electron chi connectivity index (χ0n) is 10.6. The van der Waals surface area contributed by atoms with Crippen LogP contribution in [0.25, 0.3) is 6.08 Å². The van der Waals surface area contributed by atoms with Crippen molar-refractivity contribution in [3.8, 4) is 5.75 Å². The van der Waals surface area contributed by atoms with Gasteiger partial charge in [0.1, 0.15) is 5.75 Å². The number of carbonyl (C=O) groups is 3. The molecular formula is C13H10BrNO4S. The fourth-order valence-electron chi connectivity index (χ4n) is 1.66. The lowest BCUT2D eigenvalue weighted by atomic mass is 10.1. The summed E-state index contributed by atoms with van der Waals surface area (Å²) in [4.78, 5) is 35.9. The zero-order valence-corrected chi connectivity index (χ0v) is 13.0. The highest BCUT2D eigenvalue weighted by molar-refractivity contribution is 9.10. The van der Waals surface area contributed by atoms with Gasteiger partial charge in [0.25, 0.3) is 11.1 Å². The van der Waals surface area contributed by atoms with Crippen LogP contribution in [0.4, 0.5) is 4.79 Å². The van der Waals surface area contributed by atoms with Crippen LogP contribution in [-0.4, -0.2) is 34.0 Å². The molecule has 7 heteroatoms. The van der Waals surface area contributed by atoms with Gasteiger partial charge in [-0.15, -0.1) is 0 Å². The van der Waals surface area contributed by atoms with Crippen molar-refractivity contribution in [3.05, 3.63) is 32.6 Å². The maximum atomic E-state index is 11.8. The third-order valence-corrected chi connectivity index (χ3v) is 4.42. The number of hydrogen-bond acceptors (Lipinski definition) is 5. The first-order valence-electron chi connectivity index (χ1n) is 5.56. The predicted octanol–water partition coefficient (Wildman–Crippen LogP) is 3.02. The molecule has 0 radical (unpaired) electrons. The standard InChI is InChI=1S/C13H10BrNO4S/c1-6(16)8-3-7(9(14)5-10(8)17)4-11-12(18)15(2)13(19)20-11/h3-5,17H,1-2H3/b11-4-. The van der Waals surface area contributed by atoms with E-state index in [0.717, 1.165) is 16.7 Å². The summed E-state index contributed by atoms with van der Waals surface area (Å²) < 4.78 is 0.530. The van der Waals surface area contributed by atoms with Crippen molar-refractivity contribution in [2.75, 3.05) is 7.05 Å². The van der Waals surface area contributed by atoms with Gasteiger partial charge < -0.3 is 5.11 Å². The molecule has 1 aromatic rings. The Hall–Kier alpha value is -1.60. The summed E-state index contributed by atoms with van der Waals surface area (Å²) in [5, 5.41) is 9.33. The van der Waals surface area contributed by atoms with Crippen LogP contribution in [0.2, 0.25) is 0 Å². The maximum Gasteiger partial charge on any atom is 0.293 e. The largest absolute Gasteiger partial charge is 0.507 e. The van der Waals surface area contributed by atoms with Crippen LogP contribution in [0.5, 0.6) is 5.75 Å². The number of phenolic OH excluding ortho intramolecular Hbond substituents is 1. The number of rotatable bonds is 2. The second-order valence-corrected chi connectivity index (χ2v) is 6.04. The van der Waals surface area contributed by atoms with Crippen LogP contribution in [0.3, 0.4) is 0 Å². The Labute approximate surface area is 127 Å². The molecular weight excluding hydrogens is 346 g/mol. The van der Waals surface area contributed by atoms with E-state index in [0.29, 0.717) is 10.0 Å². The molecule has 1 aromatic carbocycles. The number of thioether (sulfide) groups is 1. The maximum absolute atomic E-state index is 11.8. The molecule has 0 spiro atoms. The van der Waals surface area contributed by atoms with Crippen molar-refractivity contribution in [1.29, 1.82) is 0 Å². The van der Waals surface area contributed by atoms with Gasteiger partial charge in [-0.25, -0.2) is 0 Å². The van der Waals surface area contributed by atoms with E-state index in [1.807, 2.05) is 0 Å². The van der Waals surface area contributed by atoms with Gasteiger partial charge in [-0.2, -0.15) is 0 Å². The monoisotopic (exact) mass is 355 g/mol. The van der Waals surface area contributed by atoms with Crippen molar-refractivity contribution in [1.82, 2.24) is 4.90 Å². The van der Waals surface area contributed by atoms with E-state index < -0.39 is 0 Å². The van der Waals surface area contributed by atoms with E-state index >= 15 is 0 Å². The Bertz CT molecular complexity index is 669. The molecule has 1 aliphatic rings. The van der Waals surface area contributed by atoms with Crippen LogP contribution in [0.15, 0.2) is 21.5 Å². The molecule has 1 aliphatic heterocycles. The average molecular weight is 356 g/mol. The lowest BCUT2D eigenvalue weighted by molar-refractivity contribution is -0.121. The van der Waals surface area contributed by atoms with Crippen LogP contribution < -0.4 is 0 Å². The number of aromatic hydroxyl groups is 1. The fourth-order valence-corrected chi connectivity index (χ4v) is 2.92. The molecule has 1 heterocycles. The Balaban J connectivity index is 2.49. The van der Waals surface area contributed by atoms with Crippen molar-refractivity contribution in [2.24, 2.45) is 0 Å². The Morgan fingerprint density at radius 1 is 1.40 bits per heavy atom. The number of ketones is 1. The minimum Gasteiger partial charge on any atom is -0.507 e. The lowest BCUT2D eigenvalue weighted by Gasteiger charge is -2.06. The first-order valence-corrected chi connectivity index (χ1v) is 7.17. The van der Waals surface area contributed by atoms with Gasteiger partial charge in [0.05, 0.1) is 10.5 Å². The van der Waals surface area contributed by atoms with E-state index in [1.165, 1.54) is 32.2 Å². The average Bonchev–Trinajstić information content (AvgIpc) is 2.60. The van der Waals surface area contributed by atoms with Gasteiger partial charge in [-0.3, -0.25) is 19.3 Å². The highest BCUT2D eigenvalue weighted by Gasteiger charge is 2.32. The van der Waals surface area contributed by atoms with Crippen molar-refractivity contribution >= 4 is 50.7 Å². The highest BCUT2D eigenvalue weighted by Crippen LogP contribution is 2.34. The third kappa shape index (κ3) is 2.64. The van der Waals surface area contributed by atoms with Gasteiger partial charge >= 0.3 is 0 Å². The summed E-state index contributed by atoms with van der Waals surface area (Å²) >= 11 is 4.09. The molecule has 0 unspecified atom stereocenters. The smallest absolute Gasteiger partial charge is 0.293 e. The second-order valence-electron chi connectivity index (χ2n) is 4.19. The third-order valence-electron chi connectivity index (χ3n) is 2.77. The number of likely N-dealkylation sites (N-methyl/N-ethyl adjacent to an activating group) is 1. The lowest BCUT2D eigenvalue weighted by Crippen LogP contribution is -2.22. The van der Waals surface area contributed by atoms with E-state index in [9.17, 15) is 19.5 Å². The van der Waals surface area contributed by atoms with Gasteiger partial charge in [-0.1, -0.05) is 15.9 Å². The summed E-state index contributed by atoms with van der Waals surface area (Å²) in [5.74, 6) is -0.803. The van der Waals surface area contributed by atoms with E-state index in [2.05, 4.69) is 15.9 Å². The number of imide groups is 1. The Kier molecular flexibility index (Phi) is 4.01. The van der Waals surface area contributed by atoms with Crippen molar-refractivity contribution < 1.29 is 19.5 Å². The van der Waals surface area contributed by atoms with Crippen LogP contribution in [0, 0.1) is 0 Å². The SMILES string of the molecule is CC(=O)c1cc(/C=C2\SC(=O)N(C)C2=O)c(Br)cc1O. The Morgan fingerprint density at radius 2 is 2.05 bits per heavy atom. The summed E-state index contributed by atoms with van der Waals surface area (Å²) in [6.07, 6.45) is 1.52. The minimum absolute atomic E-state index is 0.134. The number of phenols is 1. The number of carbonyl (C=O) groups excluding carboxylic acids is 3. The minimum atomic E-state index is -0.385. The van der Waals surface area contributed by atoms with E-state index in [1.54, 1.807) is 0 Å². The predicted molar refractivity (Wildman–Crippen MR) is 79.5 cm³/mol. The van der Waals surface area contributed by atoms with Crippen LogP contribution >= 0.6 is 27.7 Å². The van der Waals surface area contributed by atoms with E-state index in [4.69, 9.17) is 0 Å². The Morgan fingerprint density at radius 3 is 2.55 bits per heavy atom. The van der Waals surface area contributed by atoms with E-state index in [-0.39, 0.29) is 33.1 Å². The van der Waals surface area contributed by atoms with Crippen molar-refractivity contribution in [2.45, 2.75) is 6.92 Å². The normalized spacial score (nSPS) is 17.1. The van der Waals surface area contributed by atoms with Gasteiger partial charge in [0.15, 0.2) is 5.78 Å². The molecule has 0 saturated carbocycles. The molecule has 104 valence electrons. The summed E-state index contributed by atoms with van der Waals surface area (Å²) in [5.41, 5.74) is 0.710. The van der Waals surface area contributed by atoms with Gasteiger partial charge in [0, 0.05) is 11.5 Å². The molecule has 20 heavy (non-hydrogen) atoms. The topological polar surface area (TPSA) is 74.7 Å². The molecule has 1 N–H and O–H groups in total. The number of benzene rings is 1. The van der Waals surface area contributed by atoms with Crippen LogP contribution in [0.1, 0.15) is 22.8 Å². The number of Topliss-reactive ketones (excluding diaryl/α,β-unsaturated/α-hetero) is 1. The zero-order chi connectivity index (χ0) is 15.0. The quantitative estimate of drug-likeness (QED) is 0.651. The van der Waals surface area contributed by atoms with Gasteiger partial charge in [0.2, 0.25) is 0 Å². The molecule has 2 amide bonds.